The normalized spacial score (nSPS) is 16.0. The van der Waals surface area contributed by atoms with E-state index in [4.69, 9.17) is 5.73 Å². The van der Waals surface area contributed by atoms with Gasteiger partial charge in [0.25, 0.3) is 0 Å². The van der Waals surface area contributed by atoms with Gasteiger partial charge in [-0.15, -0.1) is 12.4 Å². The molecule has 0 aromatic heterocycles. The zero-order valence-corrected chi connectivity index (χ0v) is 14.1. The number of nitrogens with one attached hydrogen (secondary N) is 1. The van der Waals surface area contributed by atoms with Crippen LogP contribution in [0.25, 0.3) is 0 Å². The SMILES string of the molecule is Cl.NC(CC(=O)NCCCCC1CCCC1)c1ccccc1. The number of amides is 1. The van der Waals surface area contributed by atoms with Crippen molar-refractivity contribution in [1.29, 1.82) is 0 Å². The maximum Gasteiger partial charge on any atom is 0.221 e. The van der Waals surface area contributed by atoms with Crippen LogP contribution in [0.3, 0.4) is 0 Å². The molecular formula is C18H29ClN2O. The molecular weight excluding hydrogens is 296 g/mol. The van der Waals surface area contributed by atoms with Crippen LogP contribution < -0.4 is 11.1 Å². The van der Waals surface area contributed by atoms with Gasteiger partial charge in [-0.25, -0.2) is 0 Å². The smallest absolute Gasteiger partial charge is 0.221 e. The van der Waals surface area contributed by atoms with Gasteiger partial charge in [0.15, 0.2) is 0 Å². The van der Waals surface area contributed by atoms with Gasteiger partial charge < -0.3 is 11.1 Å². The summed E-state index contributed by atoms with van der Waals surface area (Å²) in [7, 11) is 0. The molecule has 1 aliphatic carbocycles. The third-order valence-corrected chi connectivity index (χ3v) is 4.47. The zero-order valence-electron chi connectivity index (χ0n) is 13.3. The summed E-state index contributed by atoms with van der Waals surface area (Å²) in [6.07, 6.45) is 9.68. The standard InChI is InChI=1S/C18H28N2O.ClH/c19-17(16-11-2-1-3-12-16)14-18(21)20-13-7-6-10-15-8-4-5-9-15;/h1-3,11-12,15,17H,4-10,13-14,19H2,(H,20,21);1H. The Balaban J connectivity index is 0.00000242. The molecule has 2 rings (SSSR count). The fraction of sp³-hybridized carbons (Fsp3) is 0.611. The molecule has 0 saturated heterocycles. The summed E-state index contributed by atoms with van der Waals surface area (Å²) in [6, 6.07) is 9.61. The Kier molecular flexibility index (Phi) is 9.17. The fourth-order valence-electron chi connectivity index (χ4n) is 3.17. The number of unbranched alkanes of at least 4 members (excludes halogenated alkanes) is 1. The molecule has 1 aromatic rings. The second-order valence-corrected chi connectivity index (χ2v) is 6.22. The summed E-state index contributed by atoms with van der Waals surface area (Å²) in [5, 5.41) is 2.99. The largest absolute Gasteiger partial charge is 0.356 e. The van der Waals surface area contributed by atoms with Crippen LogP contribution in [0.1, 0.15) is 63.0 Å². The van der Waals surface area contributed by atoms with E-state index in [0.717, 1.165) is 24.4 Å². The number of hydrogen-bond donors (Lipinski definition) is 2. The van der Waals surface area contributed by atoms with Gasteiger partial charge in [0.2, 0.25) is 5.91 Å². The molecule has 3 N–H and O–H groups in total. The highest BCUT2D eigenvalue weighted by Gasteiger charge is 2.14. The van der Waals surface area contributed by atoms with E-state index in [-0.39, 0.29) is 24.4 Å². The maximum atomic E-state index is 11.9. The van der Waals surface area contributed by atoms with Crippen molar-refractivity contribution in [2.75, 3.05) is 6.54 Å². The predicted octanol–water partition coefficient (Wildman–Crippen LogP) is 3.98. The second-order valence-electron chi connectivity index (χ2n) is 6.22. The predicted molar refractivity (Wildman–Crippen MR) is 94.1 cm³/mol. The summed E-state index contributed by atoms with van der Waals surface area (Å²) < 4.78 is 0. The zero-order chi connectivity index (χ0) is 14.9. The van der Waals surface area contributed by atoms with E-state index in [2.05, 4.69) is 5.32 Å². The molecule has 22 heavy (non-hydrogen) atoms. The molecule has 0 radical (unpaired) electrons. The Morgan fingerprint density at radius 3 is 2.55 bits per heavy atom. The molecule has 3 nitrogen and oxygen atoms in total. The third kappa shape index (κ3) is 6.80. The van der Waals surface area contributed by atoms with Gasteiger partial charge in [-0.2, -0.15) is 0 Å². The lowest BCUT2D eigenvalue weighted by Crippen LogP contribution is -2.28. The highest BCUT2D eigenvalue weighted by atomic mass is 35.5. The lowest BCUT2D eigenvalue weighted by Gasteiger charge is -2.12. The topological polar surface area (TPSA) is 55.1 Å². The number of carbonyl (C=O) groups excluding carboxylic acids is 1. The minimum absolute atomic E-state index is 0. The van der Waals surface area contributed by atoms with E-state index in [0.29, 0.717) is 6.42 Å². The minimum atomic E-state index is -0.204. The Labute approximate surface area is 140 Å². The van der Waals surface area contributed by atoms with Gasteiger partial charge in [0, 0.05) is 19.0 Å². The van der Waals surface area contributed by atoms with E-state index < -0.39 is 0 Å². The van der Waals surface area contributed by atoms with E-state index in [1.54, 1.807) is 0 Å². The number of rotatable bonds is 8. The lowest BCUT2D eigenvalue weighted by molar-refractivity contribution is -0.121. The summed E-state index contributed by atoms with van der Waals surface area (Å²) in [6.45, 7) is 0.785. The van der Waals surface area contributed by atoms with Crippen molar-refractivity contribution in [2.24, 2.45) is 11.7 Å². The molecule has 1 amide bonds. The first kappa shape index (κ1) is 19.0. The van der Waals surface area contributed by atoms with Gasteiger partial charge in [-0.3, -0.25) is 4.79 Å². The van der Waals surface area contributed by atoms with Crippen molar-refractivity contribution in [3.8, 4) is 0 Å². The number of benzene rings is 1. The Bertz CT molecular complexity index is 418. The highest BCUT2D eigenvalue weighted by molar-refractivity contribution is 5.85. The van der Waals surface area contributed by atoms with Gasteiger partial charge in [-0.05, 0) is 17.9 Å². The molecule has 1 aromatic carbocycles. The van der Waals surface area contributed by atoms with Gasteiger partial charge in [-0.1, -0.05) is 68.9 Å². The van der Waals surface area contributed by atoms with Crippen molar-refractivity contribution >= 4 is 18.3 Å². The van der Waals surface area contributed by atoms with Crippen molar-refractivity contribution in [3.05, 3.63) is 35.9 Å². The Hall–Kier alpha value is -1.06. The quantitative estimate of drug-likeness (QED) is 0.711. The van der Waals surface area contributed by atoms with E-state index >= 15 is 0 Å². The number of nitrogens with two attached hydrogens (primary N) is 1. The first-order valence-electron chi connectivity index (χ1n) is 8.33. The number of carbonyl (C=O) groups is 1. The van der Waals surface area contributed by atoms with E-state index in [1.165, 1.54) is 38.5 Å². The number of halogens is 1. The van der Waals surface area contributed by atoms with Crippen LogP contribution in [0.5, 0.6) is 0 Å². The molecule has 124 valence electrons. The van der Waals surface area contributed by atoms with Crippen LogP contribution in [-0.2, 0) is 4.79 Å². The first-order chi connectivity index (χ1) is 10.3. The molecule has 1 unspecified atom stereocenters. The molecule has 0 heterocycles. The molecule has 1 fully saturated rings. The maximum absolute atomic E-state index is 11.9. The van der Waals surface area contributed by atoms with Crippen LogP contribution in [0, 0.1) is 5.92 Å². The molecule has 4 heteroatoms. The van der Waals surface area contributed by atoms with Crippen LogP contribution in [0.15, 0.2) is 30.3 Å². The Morgan fingerprint density at radius 2 is 1.86 bits per heavy atom. The van der Waals surface area contributed by atoms with Crippen LogP contribution in [0.2, 0.25) is 0 Å². The van der Waals surface area contributed by atoms with Crippen LogP contribution in [-0.4, -0.2) is 12.5 Å². The molecule has 0 bridgehead atoms. The van der Waals surface area contributed by atoms with Crippen molar-refractivity contribution in [3.63, 3.8) is 0 Å². The molecule has 1 saturated carbocycles. The van der Waals surface area contributed by atoms with E-state index in [9.17, 15) is 4.79 Å². The molecule has 1 atom stereocenters. The Morgan fingerprint density at radius 1 is 1.18 bits per heavy atom. The van der Waals surface area contributed by atoms with Crippen LogP contribution >= 0.6 is 12.4 Å². The fourth-order valence-corrected chi connectivity index (χ4v) is 3.17. The number of hydrogen-bond acceptors (Lipinski definition) is 2. The first-order valence-corrected chi connectivity index (χ1v) is 8.33. The van der Waals surface area contributed by atoms with Crippen molar-refractivity contribution in [2.45, 2.75) is 57.4 Å². The summed E-state index contributed by atoms with van der Waals surface area (Å²) >= 11 is 0. The second kappa shape index (κ2) is 10.6. The average Bonchev–Trinajstić information content (AvgIpc) is 3.01. The minimum Gasteiger partial charge on any atom is -0.356 e. The molecule has 1 aliphatic rings. The van der Waals surface area contributed by atoms with Crippen LogP contribution in [0.4, 0.5) is 0 Å². The van der Waals surface area contributed by atoms with E-state index in [1.807, 2.05) is 30.3 Å². The monoisotopic (exact) mass is 324 g/mol. The summed E-state index contributed by atoms with van der Waals surface area (Å²) in [4.78, 5) is 11.9. The molecule has 0 aliphatic heterocycles. The average molecular weight is 325 g/mol. The van der Waals surface area contributed by atoms with Gasteiger partial charge in [0.05, 0.1) is 0 Å². The van der Waals surface area contributed by atoms with Crippen molar-refractivity contribution < 1.29 is 4.79 Å². The molecule has 0 spiro atoms. The highest BCUT2D eigenvalue weighted by Crippen LogP contribution is 2.28. The third-order valence-electron chi connectivity index (χ3n) is 4.47. The lowest BCUT2D eigenvalue weighted by atomic mass is 10.0. The summed E-state index contributed by atoms with van der Waals surface area (Å²) in [5.74, 6) is 1.01. The van der Waals surface area contributed by atoms with Crippen molar-refractivity contribution in [1.82, 2.24) is 5.32 Å². The van der Waals surface area contributed by atoms with Gasteiger partial charge >= 0.3 is 0 Å². The van der Waals surface area contributed by atoms with Gasteiger partial charge in [0.1, 0.15) is 0 Å². The summed E-state index contributed by atoms with van der Waals surface area (Å²) in [5.41, 5.74) is 7.07.